The Morgan fingerprint density at radius 2 is 2.04 bits per heavy atom. The molecule has 7 nitrogen and oxygen atoms in total. The zero-order chi connectivity index (χ0) is 20.0. The van der Waals surface area contributed by atoms with Crippen LogP contribution in [0.2, 0.25) is 0 Å². The first kappa shape index (κ1) is 20.5. The van der Waals surface area contributed by atoms with Gasteiger partial charge in [-0.1, -0.05) is 25.5 Å². The van der Waals surface area contributed by atoms with E-state index in [-0.39, 0.29) is 18.5 Å². The van der Waals surface area contributed by atoms with E-state index in [9.17, 15) is 14.4 Å². The van der Waals surface area contributed by atoms with E-state index in [1.165, 1.54) is 4.90 Å². The van der Waals surface area contributed by atoms with Crippen molar-refractivity contribution in [3.05, 3.63) is 41.1 Å². The Hall–Kier alpha value is -2.83. The van der Waals surface area contributed by atoms with E-state index in [1.807, 2.05) is 13.0 Å². The zero-order valence-electron chi connectivity index (χ0n) is 16.3. The van der Waals surface area contributed by atoms with Crippen molar-refractivity contribution in [2.24, 2.45) is 0 Å². The molecular formula is C20H27N3O4. The zero-order valence-corrected chi connectivity index (χ0v) is 16.3. The summed E-state index contributed by atoms with van der Waals surface area (Å²) in [5.74, 6) is -0.525. The molecule has 0 saturated carbocycles. The molecule has 1 aliphatic heterocycles. The normalized spacial score (nSPS) is 16.8. The molecule has 0 radical (unpaired) electrons. The molecule has 146 valence electrons. The third kappa shape index (κ3) is 4.87. The van der Waals surface area contributed by atoms with Gasteiger partial charge in [-0.05, 0) is 38.0 Å². The van der Waals surface area contributed by atoms with Crippen molar-refractivity contribution >= 4 is 23.6 Å². The van der Waals surface area contributed by atoms with Gasteiger partial charge >= 0.3 is 12.0 Å². The van der Waals surface area contributed by atoms with Crippen molar-refractivity contribution < 1.29 is 19.1 Å². The lowest BCUT2D eigenvalue weighted by Crippen LogP contribution is -2.46. The maximum absolute atomic E-state index is 12.5. The molecule has 0 fully saturated rings. The number of rotatable bonds is 7. The predicted octanol–water partition coefficient (Wildman–Crippen LogP) is 3.35. The van der Waals surface area contributed by atoms with E-state index in [1.54, 1.807) is 39.1 Å². The van der Waals surface area contributed by atoms with Gasteiger partial charge in [0.2, 0.25) is 5.91 Å². The fourth-order valence-electron chi connectivity index (χ4n) is 2.92. The molecule has 1 aliphatic rings. The number of ether oxygens (including phenoxy) is 1. The number of carbonyl (C=O) groups excluding carboxylic acids is 3. The van der Waals surface area contributed by atoms with Crippen LogP contribution >= 0.6 is 0 Å². The smallest absolute Gasteiger partial charge is 0.338 e. The number of hydrogen-bond donors (Lipinski definition) is 2. The second kappa shape index (κ2) is 9.21. The summed E-state index contributed by atoms with van der Waals surface area (Å²) in [6.45, 7) is 5.73. The summed E-state index contributed by atoms with van der Waals surface area (Å²) in [5, 5.41) is 5.69. The molecule has 27 heavy (non-hydrogen) atoms. The topological polar surface area (TPSA) is 87.7 Å². The largest absolute Gasteiger partial charge is 0.463 e. The van der Waals surface area contributed by atoms with E-state index in [0.717, 1.165) is 12.8 Å². The Balaban J connectivity index is 2.34. The number of nitrogens with one attached hydrogen (secondary N) is 2. The van der Waals surface area contributed by atoms with Crippen LogP contribution in [0.25, 0.3) is 0 Å². The summed E-state index contributed by atoms with van der Waals surface area (Å²) in [7, 11) is 1.60. The molecule has 0 unspecified atom stereocenters. The first-order valence-electron chi connectivity index (χ1n) is 9.20. The van der Waals surface area contributed by atoms with E-state index in [2.05, 4.69) is 10.6 Å². The van der Waals surface area contributed by atoms with Crippen LogP contribution in [0.3, 0.4) is 0 Å². The minimum absolute atomic E-state index is 0.0567. The highest BCUT2D eigenvalue weighted by Crippen LogP contribution is 2.31. The van der Waals surface area contributed by atoms with Crippen LogP contribution in [-0.4, -0.2) is 36.5 Å². The lowest BCUT2D eigenvalue weighted by Gasteiger charge is -2.33. The summed E-state index contributed by atoms with van der Waals surface area (Å²) >= 11 is 0. The Labute approximate surface area is 159 Å². The lowest BCUT2D eigenvalue weighted by atomic mass is 9.94. The van der Waals surface area contributed by atoms with Gasteiger partial charge in [0, 0.05) is 24.9 Å². The summed E-state index contributed by atoms with van der Waals surface area (Å²) < 4.78 is 5.18. The highest BCUT2D eigenvalue weighted by Gasteiger charge is 2.35. The van der Waals surface area contributed by atoms with Crippen LogP contribution in [0.1, 0.15) is 51.6 Å². The number of urea groups is 1. The van der Waals surface area contributed by atoms with Gasteiger partial charge in [0.05, 0.1) is 18.2 Å². The number of anilines is 1. The summed E-state index contributed by atoms with van der Waals surface area (Å²) in [5.41, 5.74) is 2.25. The SMILES string of the molecule is CCCCC(=O)Nc1cccc([C@@H]2NC(=O)N(C)C(C)=C2C(=O)OCC)c1. The third-order valence-electron chi connectivity index (χ3n) is 4.51. The van der Waals surface area contributed by atoms with Crippen molar-refractivity contribution in [2.75, 3.05) is 19.0 Å². The summed E-state index contributed by atoms with van der Waals surface area (Å²) in [6.07, 6.45) is 2.23. The van der Waals surface area contributed by atoms with Crippen LogP contribution in [0.5, 0.6) is 0 Å². The van der Waals surface area contributed by atoms with Gasteiger partial charge in [-0.3, -0.25) is 4.79 Å². The maximum atomic E-state index is 12.5. The van der Waals surface area contributed by atoms with Crippen molar-refractivity contribution in [1.82, 2.24) is 10.2 Å². The van der Waals surface area contributed by atoms with Gasteiger partial charge < -0.3 is 20.3 Å². The second-order valence-electron chi connectivity index (χ2n) is 6.44. The van der Waals surface area contributed by atoms with Crippen molar-refractivity contribution in [3.8, 4) is 0 Å². The molecule has 0 bridgehead atoms. The molecule has 0 saturated heterocycles. The van der Waals surface area contributed by atoms with Gasteiger partial charge in [-0.25, -0.2) is 9.59 Å². The van der Waals surface area contributed by atoms with Gasteiger partial charge in [-0.15, -0.1) is 0 Å². The highest BCUT2D eigenvalue weighted by atomic mass is 16.5. The van der Waals surface area contributed by atoms with Crippen molar-refractivity contribution in [3.63, 3.8) is 0 Å². The van der Waals surface area contributed by atoms with E-state index >= 15 is 0 Å². The second-order valence-corrected chi connectivity index (χ2v) is 6.44. The number of amides is 3. The van der Waals surface area contributed by atoms with Crippen molar-refractivity contribution in [2.45, 2.75) is 46.1 Å². The van der Waals surface area contributed by atoms with Gasteiger partial charge in [0.15, 0.2) is 0 Å². The molecule has 1 aromatic rings. The standard InChI is InChI=1S/C20H27N3O4/c1-5-7-11-16(24)21-15-10-8-9-14(12-15)18-17(19(25)27-6-2)13(3)23(4)20(26)22-18/h8-10,12,18H,5-7,11H2,1-4H3,(H,21,24)(H,22,26)/t18-/m0/s1. The third-order valence-corrected chi connectivity index (χ3v) is 4.51. The van der Waals surface area contributed by atoms with E-state index in [0.29, 0.717) is 28.9 Å². The number of carbonyl (C=O) groups is 3. The fourth-order valence-corrected chi connectivity index (χ4v) is 2.92. The average molecular weight is 373 g/mol. The summed E-state index contributed by atoms with van der Waals surface area (Å²) in [4.78, 5) is 38.1. The minimum Gasteiger partial charge on any atom is -0.463 e. The maximum Gasteiger partial charge on any atom is 0.338 e. The van der Waals surface area contributed by atoms with Crippen LogP contribution in [-0.2, 0) is 14.3 Å². The molecule has 1 atom stereocenters. The number of allylic oxidation sites excluding steroid dienone is 1. The van der Waals surface area contributed by atoms with Crippen LogP contribution in [0, 0.1) is 0 Å². The predicted molar refractivity (Wildman–Crippen MR) is 103 cm³/mol. The molecule has 1 aromatic carbocycles. The number of unbranched alkanes of at least 4 members (excludes halogenated alkanes) is 1. The Kier molecular flexibility index (Phi) is 6.98. The van der Waals surface area contributed by atoms with Crippen LogP contribution in [0.4, 0.5) is 10.5 Å². The quantitative estimate of drug-likeness (QED) is 0.718. The Bertz CT molecular complexity index is 757. The fraction of sp³-hybridized carbons (Fsp3) is 0.450. The molecule has 0 aromatic heterocycles. The van der Waals surface area contributed by atoms with Crippen molar-refractivity contribution in [1.29, 1.82) is 0 Å². The van der Waals surface area contributed by atoms with Crippen LogP contribution < -0.4 is 10.6 Å². The number of hydrogen-bond acceptors (Lipinski definition) is 4. The Morgan fingerprint density at radius 1 is 1.30 bits per heavy atom. The van der Waals surface area contributed by atoms with Gasteiger partial charge in [0.25, 0.3) is 0 Å². The monoisotopic (exact) mass is 373 g/mol. The molecule has 0 spiro atoms. The lowest BCUT2D eigenvalue weighted by molar-refractivity contribution is -0.139. The average Bonchev–Trinajstić information content (AvgIpc) is 2.64. The number of esters is 1. The molecular weight excluding hydrogens is 346 g/mol. The molecule has 3 amide bonds. The summed E-state index contributed by atoms with van der Waals surface area (Å²) in [6, 6.07) is 6.21. The molecule has 2 rings (SSSR count). The minimum atomic E-state index is -0.639. The first-order valence-corrected chi connectivity index (χ1v) is 9.20. The van der Waals surface area contributed by atoms with E-state index < -0.39 is 12.0 Å². The van der Waals surface area contributed by atoms with E-state index in [4.69, 9.17) is 4.74 Å². The Morgan fingerprint density at radius 3 is 2.70 bits per heavy atom. The number of nitrogens with zero attached hydrogens (tertiary/aromatic N) is 1. The van der Waals surface area contributed by atoms with Gasteiger partial charge in [-0.2, -0.15) is 0 Å². The van der Waals surface area contributed by atoms with Gasteiger partial charge in [0.1, 0.15) is 0 Å². The molecule has 0 aliphatic carbocycles. The molecule has 7 heteroatoms. The molecule has 1 heterocycles. The number of benzene rings is 1. The van der Waals surface area contributed by atoms with Crippen LogP contribution in [0.15, 0.2) is 35.5 Å². The highest BCUT2D eigenvalue weighted by molar-refractivity contribution is 5.95. The molecule has 2 N–H and O–H groups in total. The first-order chi connectivity index (χ1) is 12.9.